The van der Waals surface area contributed by atoms with Crippen LogP contribution in [0.1, 0.15) is 16.7 Å². The molecule has 0 spiro atoms. The first kappa shape index (κ1) is 20.6. The summed E-state index contributed by atoms with van der Waals surface area (Å²) in [4.78, 5) is 15.0. The molecule has 0 saturated carbocycles. The minimum atomic E-state index is -0.459. The third-order valence-corrected chi connectivity index (χ3v) is 6.35. The van der Waals surface area contributed by atoms with Crippen LogP contribution in [0.3, 0.4) is 0 Å². The topological polar surface area (TPSA) is 69.9 Å². The number of piperazine rings is 1. The van der Waals surface area contributed by atoms with Crippen molar-refractivity contribution < 1.29 is 10.0 Å². The summed E-state index contributed by atoms with van der Waals surface area (Å²) in [6, 6.07) is 12.7. The number of hydrogen-bond donors (Lipinski definition) is 1. The number of nitro groups is 1. The number of aromatic hydroxyl groups is 1. The fourth-order valence-corrected chi connectivity index (χ4v) is 4.31. The summed E-state index contributed by atoms with van der Waals surface area (Å²) in [7, 11) is 0. The van der Waals surface area contributed by atoms with Crippen molar-refractivity contribution in [1.29, 1.82) is 0 Å². The van der Waals surface area contributed by atoms with Gasteiger partial charge in [0.05, 0.1) is 4.92 Å². The van der Waals surface area contributed by atoms with Crippen molar-refractivity contribution >= 4 is 34.0 Å². The lowest BCUT2D eigenvalue weighted by molar-refractivity contribution is -0.384. The summed E-state index contributed by atoms with van der Waals surface area (Å²) in [5, 5.41) is 20.8. The van der Waals surface area contributed by atoms with E-state index in [0.29, 0.717) is 11.3 Å². The number of rotatable bonds is 5. The van der Waals surface area contributed by atoms with E-state index in [0.717, 1.165) is 37.0 Å². The van der Waals surface area contributed by atoms with Gasteiger partial charge < -0.3 is 10.0 Å². The van der Waals surface area contributed by atoms with Gasteiger partial charge in [0.25, 0.3) is 5.69 Å². The Labute approximate surface area is 174 Å². The van der Waals surface area contributed by atoms with Crippen LogP contribution in [0.5, 0.6) is 5.75 Å². The van der Waals surface area contributed by atoms with Crippen LogP contribution in [0.25, 0.3) is 0 Å². The highest BCUT2D eigenvalue weighted by molar-refractivity contribution is 8.22. The smallest absolute Gasteiger partial charge is 0.270 e. The second kappa shape index (κ2) is 9.36. The maximum atomic E-state index is 10.9. The number of phenolic OH excluding ortho intramolecular Hbond substituents is 1. The number of hydrogen-bond acceptors (Lipinski definition) is 6. The third-order valence-electron chi connectivity index (χ3n) is 4.78. The molecule has 1 heterocycles. The van der Waals surface area contributed by atoms with E-state index in [1.165, 1.54) is 41.1 Å². The molecule has 1 N–H and O–H groups in total. The van der Waals surface area contributed by atoms with E-state index in [1.54, 1.807) is 0 Å². The van der Waals surface area contributed by atoms with E-state index >= 15 is 0 Å². The molecular weight excluding hydrogens is 394 g/mol. The summed E-state index contributed by atoms with van der Waals surface area (Å²) in [5.74, 6) is 0.472. The number of aryl methyl sites for hydroxylation is 1. The summed E-state index contributed by atoms with van der Waals surface area (Å²) in [5.41, 5.74) is 3.09. The highest BCUT2D eigenvalue weighted by Crippen LogP contribution is 2.28. The molecule has 0 amide bonds. The summed E-state index contributed by atoms with van der Waals surface area (Å²) in [6.07, 6.45) is 0. The van der Waals surface area contributed by atoms with Gasteiger partial charge in [0, 0.05) is 56.2 Å². The Morgan fingerprint density at radius 3 is 2.50 bits per heavy atom. The summed E-state index contributed by atoms with van der Waals surface area (Å²) in [6.45, 7) is 6.63. The number of thioether (sulfide) groups is 1. The van der Waals surface area contributed by atoms with Crippen LogP contribution in [0.4, 0.5) is 5.69 Å². The van der Waals surface area contributed by atoms with Crippen LogP contribution in [0.15, 0.2) is 42.5 Å². The van der Waals surface area contributed by atoms with Gasteiger partial charge in [-0.05, 0) is 18.6 Å². The first-order valence-corrected chi connectivity index (χ1v) is 10.5. The lowest BCUT2D eigenvalue weighted by atomic mass is 10.1. The molecule has 0 aromatic heterocycles. The Kier molecular flexibility index (Phi) is 6.88. The highest BCUT2D eigenvalue weighted by Gasteiger charge is 2.20. The average molecular weight is 418 g/mol. The fraction of sp³-hybridized carbons (Fsp3) is 0.350. The van der Waals surface area contributed by atoms with Gasteiger partial charge in [0.2, 0.25) is 0 Å². The lowest BCUT2D eigenvalue weighted by Gasteiger charge is -2.36. The zero-order valence-corrected chi connectivity index (χ0v) is 17.3. The maximum absolute atomic E-state index is 10.9. The second-order valence-electron chi connectivity index (χ2n) is 6.87. The molecular formula is C20H23N3O3S2. The van der Waals surface area contributed by atoms with Gasteiger partial charge in [0.15, 0.2) is 0 Å². The predicted molar refractivity (Wildman–Crippen MR) is 117 cm³/mol. The van der Waals surface area contributed by atoms with Gasteiger partial charge in [-0.1, -0.05) is 53.8 Å². The second-order valence-corrected chi connectivity index (χ2v) is 8.48. The minimum Gasteiger partial charge on any atom is -0.508 e. The van der Waals surface area contributed by atoms with E-state index < -0.39 is 4.92 Å². The van der Waals surface area contributed by atoms with Crippen LogP contribution in [0.2, 0.25) is 0 Å². The summed E-state index contributed by atoms with van der Waals surface area (Å²) < 4.78 is 0.765. The summed E-state index contributed by atoms with van der Waals surface area (Å²) >= 11 is 6.97. The van der Waals surface area contributed by atoms with E-state index in [2.05, 4.69) is 41.0 Å². The van der Waals surface area contributed by atoms with Crippen molar-refractivity contribution in [3.63, 3.8) is 0 Å². The van der Waals surface area contributed by atoms with Gasteiger partial charge in [-0.15, -0.1) is 0 Å². The number of non-ortho nitro benzene ring substituents is 1. The van der Waals surface area contributed by atoms with Crippen molar-refractivity contribution in [2.24, 2.45) is 0 Å². The molecule has 1 fully saturated rings. The normalized spacial score (nSPS) is 14.8. The molecule has 0 aliphatic carbocycles. The first-order chi connectivity index (χ1) is 13.4. The molecule has 8 heteroatoms. The SMILES string of the molecule is Cc1ccc(CN2CCN(C(=S)SCc3cc([N+](=O)[O-])ccc3O)CC2)cc1. The van der Waals surface area contributed by atoms with Crippen molar-refractivity contribution in [2.45, 2.75) is 19.2 Å². The van der Waals surface area contributed by atoms with Crippen LogP contribution in [-0.2, 0) is 12.3 Å². The first-order valence-electron chi connectivity index (χ1n) is 9.08. The maximum Gasteiger partial charge on any atom is 0.270 e. The molecule has 28 heavy (non-hydrogen) atoms. The van der Waals surface area contributed by atoms with Crippen molar-refractivity contribution in [2.75, 3.05) is 26.2 Å². The Balaban J connectivity index is 1.48. The van der Waals surface area contributed by atoms with Crippen LogP contribution in [-0.4, -0.2) is 50.3 Å². The molecule has 2 aromatic carbocycles. The molecule has 6 nitrogen and oxygen atoms in total. The van der Waals surface area contributed by atoms with Crippen LogP contribution in [0, 0.1) is 17.0 Å². The van der Waals surface area contributed by atoms with Gasteiger partial charge in [-0.3, -0.25) is 15.0 Å². The molecule has 0 bridgehead atoms. The Morgan fingerprint density at radius 2 is 1.86 bits per heavy atom. The monoisotopic (exact) mass is 417 g/mol. The lowest BCUT2D eigenvalue weighted by Crippen LogP contribution is -2.47. The van der Waals surface area contributed by atoms with Gasteiger partial charge >= 0.3 is 0 Å². The molecule has 148 valence electrons. The molecule has 1 saturated heterocycles. The molecule has 2 aromatic rings. The largest absolute Gasteiger partial charge is 0.508 e. The van der Waals surface area contributed by atoms with Crippen molar-refractivity contribution in [3.8, 4) is 5.75 Å². The van der Waals surface area contributed by atoms with E-state index in [9.17, 15) is 15.2 Å². The zero-order valence-electron chi connectivity index (χ0n) is 15.7. The third kappa shape index (κ3) is 5.43. The molecule has 0 unspecified atom stereocenters. The quantitative estimate of drug-likeness (QED) is 0.449. The van der Waals surface area contributed by atoms with E-state index in [1.807, 2.05) is 0 Å². The predicted octanol–water partition coefficient (Wildman–Crippen LogP) is 3.94. The van der Waals surface area contributed by atoms with Crippen molar-refractivity contribution in [3.05, 3.63) is 69.3 Å². The number of nitro benzene ring substituents is 1. The highest BCUT2D eigenvalue weighted by atomic mass is 32.2. The zero-order chi connectivity index (χ0) is 20.1. The van der Waals surface area contributed by atoms with E-state index in [4.69, 9.17) is 12.2 Å². The van der Waals surface area contributed by atoms with Crippen LogP contribution >= 0.6 is 24.0 Å². The van der Waals surface area contributed by atoms with Crippen molar-refractivity contribution in [1.82, 2.24) is 9.80 Å². The van der Waals surface area contributed by atoms with Gasteiger partial charge in [-0.2, -0.15) is 0 Å². The molecule has 0 radical (unpaired) electrons. The van der Waals surface area contributed by atoms with Crippen LogP contribution < -0.4 is 0 Å². The fourth-order valence-electron chi connectivity index (χ4n) is 3.07. The number of nitrogens with zero attached hydrogens (tertiary/aromatic N) is 3. The number of thiocarbonyl (C=S) groups is 1. The molecule has 3 rings (SSSR count). The molecule has 0 atom stereocenters. The Bertz CT molecular complexity index is 850. The minimum absolute atomic E-state index is 0.0240. The molecule has 1 aliphatic heterocycles. The average Bonchev–Trinajstić information content (AvgIpc) is 2.69. The van der Waals surface area contributed by atoms with E-state index in [-0.39, 0.29) is 11.4 Å². The Hall–Kier alpha value is -2.16. The van der Waals surface area contributed by atoms with Gasteiger partial charge in [0.1, 0.15) is 10.1 Å². The number of benzene rings is 2. The molecule has 1 aliphatic rings. The standard InChI is InChI=1S/C20H23N3O3S2/c1-15-2-4-16(5-3-15)13-21-8-10-22(11-9-21)20(27)28-14-17-12-18(23(25)26)6-7-19(17)24/h2-7,12,24H,8-11,13-14H2,1H3. The number of phenols is 1. The Morgan fingerprint density at radius 1 is 1.18 bits per heavy atom. The van der Waals surface area contributed by atoms with Gasteiger partial charge in [-0.25, -0.2) is 0 Å².